The topological polar surface area (TPSA) is 67.8 Å². The summed E-state index contributed by atoms with van der Waals surface area (Å²) in [5.41, 5.74) is 0.785. The summed E-state index contributed by atoms with van der Waals surface area (Å²) in [5.74, 6) is 1.50. The molecule has 5 nitrogen and oxygen atoms in total. The zero-order valence-electron chi connectivity index (χ0n) is 18.3. The zero-order chi connectivity index (χ0) is 20.9. The molecule has 0 aliphatic carbocycles. The molecule has 29 heavy (non-hydrogen) atoms. The standard InChI is InChI=1S/C24H39NO4/c1-3-5-7-8-9-10-21(26)16-20(18-25-13-6-4-2)24(27)19-11-12-22-23(17-19)29-15-14-28-22/h11-12,17,20,24-25,27H,3-10,13-16,18H2,1-2H3/t20-,24-/m1/s1. The highest BCUT2D eigenvalue weighted by molar-refractivity contribution is 5.78. The fourth-order valence-electron chi connectivity index (χ4n) is 3.72. The van der Waals surface area contributed by atoms with E-state index in [1.807, 2.05) is 18.2 Å². The Balaban J connectivity index is 1.95. The molecule has 0 bridgehead atoms. The summed E-state index contributed by atoms with van der Waals surface area (Å²) in [5, 5.41) is 14.5. The Morgan fingerprint density at radius 2 is 1.76 bits per heavy atom. The average molecular weight is 406 g/mol. The van der Waals surface area contributed by atoms with Gasteiger partial charge in [0.05, 0.1) is 6.10 Å². The van der Waals surface area contributed by atoms with E-state index in [4.69, 9.17) is 9.47 Å². The summed E-state index contributed by atoms with van der Waals surface area (Å²) >= 11 is 0. The van der Waals surface area contributed by atoms with E-state index < -0.39 is 6.10 Å². The Labute approximate surface area is 176 Å². The second kappa shape index (κ2) is 13.6. The van der Waals surface area contributed by atoms with Gasteiger partial charge in [-0.2, -0.15) is 0 Å². The van der Waals surface area contributed by atoms with Crippen LogP contribution in [0.2, 0.25) is 0 Å². The van der Waals surface area contributed by atoms with E-state index in [1.54, 1.807) is 0 Å². The van der Waals surface area contributed by atoms with Crippen LogP contribution < -0.4 is 14.8 Å². The van der Waals surface area contributed by atoms with Gasteiger partial charge in [-0.25, -0.2) is 0 Å². The van der Waals surface area contributed by atoms with Crippen molar-refractivity contribution in [2.45, 2.75) is 77.7 Å². The smallest absolute Gasteiger partial charge is 0.161 e. The Morgan fingerprint density at radius 3 is 2.52 bits per heavy atom. The van der Waals surface area contributed by atoms with Crippen LogP contribution in [0.3, 0.4) is 0 Å². The van der Waals surface area contributed by atoms with E-state index in [0.29, 0.717) is 44.1 Å². The molecule has 0 unspecified atom stereocenters. The van der Waals surface area contributed by atoms with Crippen molar-refractivity contribution in [3.05, 3.63) is 23.8 Å². The summed E-state index contributed by atoms with van der Waals surface area (Å²) in [6.07, 6.45) is 8.25. The molecule has 1 aliphatic rings. The minimum Gasteiger partial charge on any atom is -0.486 e. The second-order valence-electron chi connectivity index (χ2n) is 8.07. The number of benzene rings is 1. The summed E-state index contributed by atoms with van der Waals surface area (Å²) < 4.78 is 11.2. The molecule has 5 heteroatoms. The van der Waals surface area contributed by atoms with Crippen LogP contribution in [0.5, 0.6) is 11.5 Å². The molecular weight excluding hydrogens is 366 g/mol. The van der Waals surface area contributed by atoms with Gasteiger partial charge < -0.3 is 19.9 Å². The molecule has 1 aromatic carbocycles. The number of Topliss-reactive ketones (excluding diaryl/α,β-unsaturated/α-hetero) is 1. The highest BCUT2D eigenvalue weighted by Crippen LogP contribution is 2.35. The molecule has 2 atom stereocenters. The number of ether oxygens (including phenoxy) is 2. The van der Waals surface area contributed by atoms with Crippen LogP contribution in [-0.2, 0) is 4.79 Å². The van der Waals surface area contributed by atoms with E-state index in [9.17, 15) is 9.90 Å². The van der Waals surface area contributed by atoms with Crippen LogP contribution in [0.1, 0.15) is 83.3 Å². The summed E-state index contributed by atoms with van der Waals surface area (Å²) in [4.78, 5) is 12.6. The predicted octanol–water partition coefficient (Wildman–Crippen LogP) is 4.82. The number of rotatable bonds is 15. The molecule has 0 amide bonds. The Hall–Kier alpha value is -1.59. The van der Waals surface area contributed by atoms with Crippen molar-refractivity contribution in [1.29, 1.82) is 0 Å². The molecule has 1 aliphatic heterocycles. The quantitative estimate of drug-likeness (QED) is 0.410. The van der Waals surface area contributed by atoms with E-state index in [2.05, 4.69) is 19.2 Å². The number of carbonyl (C=O) groups excluding carboxylic acids is 1. The molecule has 0 aromatic heterocycles. The molecule has 164 valence electrons. The Bertz CT molecular complexity index is 605. The molecule has 0 radical (unpaired) electrons. The third-order valence-electron chi connectivity index (χ3n) is 5.52. The molecule has 0 fully saturated rings. The van der Waals surface area contributed by atoms with Gasteiger partial charge in [-0.3, -0.25) is 4.79 Å². The zero-order valence-corrected chi connectivity index (χ0v) is 18.3. The lowest BCUT2D eigenvalue weighted by Crippen LogP contribution is -2.30. The molecule has 2 rings (SSSR count). The summed E-state index contributed by atoms with van der Waals surface area (Å²) in [7, 11) is 0. The van der Waals surface area contributed by atoms with Crippen LogP contribution in [0.4, 0.5) is 0 Å². The lowest BCUT2D eigenvalue weighted by atomic mass is 9.89. The molecule has 1 aromatic rings. The number of hydrogen-bond donors (Lipinski definition) is 2. The lowest BCUT2D eigenvalue weighted by molar-refractivity contribution is -0.121. The number of carbonyl (C=O) groups is 1. The van der Waals surface area contributed by atoms with Crippen molar-refractivity contribution >= 4 is 5.78 Å². The highest BCUT2D eigenvalue weighted by Gasteiger charge is 2.25. The van der Waals surface area contributed by atoms with Gasteiger partial charge >= 0.3 is 0 Å². The van der Waals surface area contributed by atoms with Gasteiger partial charge in [-0.15, -0.1) is 0 Å². The SMILES string of the molecule is CCCCCCCC(=O)C[C@H](CNCCCC)[C@H](O)c1ccc2c(c1)OCCO2. The molecule has 1 heterocycles. The van der Waals surface area contributed by atoms with Gasteiger partial charge in [0.2, 0.25) is 0 Å². The van der Waals surface area contributed by atoms with Crippen molar-refractivity contribution in [2.75, 3.05) is 26.3 Å². The number of nitrogens with one attached hydrogen (secondary N) is 1. The fourth-order valence-corrected chi connectivity index (χ4v) is 3.72. The summed E-state index contributed by atoms with van der Waals surface area (Å²) in [6, 6.07) is 5.59. The van der Waals surface area contributed by atoms with Crippen LogP contribution >= 0.6 is 0 Å². The number of aliphatic hydroxyl groups excluding tert-OH is 1. The first-order valence-corrected chi connectivity index (χ1v) is 11.5. The van der Waals surface area contributed by atoms with Crippen molar-refractivity contribution in [3.8, 4) is 11.5 Å². The Kier molecular flexibility index (Phi) is 11.1. The first-order valence-electron chi connectivity index (χ1n) is 11.5. The van der Waals surface area contributed by atoms with E-state index in [-0.39, 0.29) is 11.7 Å². The maximum Gasteiger partial charge on any atom is 0.161 e. The van der Waals surface area contributed by atoms with Gasteiger partial charge in [0.15, 0.2) is 11.5 Å². The predicted molar refractivity (Wildman–Crippen MR) is 117 cm³/mol. The minimum absolute atomic E-state index is 0.141. The largest absolute Gasteiger partial charge is 0.486 e. The number of ketones is 1. The van der Waals surface area contributed by atoms with E-state index in [1.165, 1.54) is 19.3 Å². The van der Waals surface area contributed by atoms with Gasteiger partial charge in [0, 0.05) is 25.3 Å². The third kappa shape index (κ3) is 8.35. The van der Waals surface area contributed by atoms with E-state index in [0.717, 1.165) is 37.8 Å². The maximum atomic E-state index is 12.6. The lowest BCUT2D eigenvalue weighted by Gasteiger charge is -2.25. The number of unbranched alkanes of at least 4 members (excludes halogenated alkanes) is 5. The van der Waals surface area contributed by atoms with Crippen molar-refractivity contribution in [1.82, 2.24) is 5.32 Å². The first kappa shape index (κ1) is 23.7. The van der Waals surface area contributed by atoms with Crippen LogP contribution in [-0.4, -0.2) is 37.2 Å². The molecule has 0 spiro atoms. The van der Waals surface area contributed by atoms with Gasteiger partial charge in [0.1, 0.15) is 19.0 Å². The second-order valence-corrected chi connectivity index (χ2v) is 8.07. The fraction of sp³-hybridized carbons (Fsp3) is 0.708. The number of hydrogen-bond acceptors (Lipinski definition) is 5. The van der Waals surface area contributed by atoms with Gasteiger partial charge in [-0.05, 0) is 37.1 Å². The number of fused-ring (bicyclic) bond motifs is 1. The summed E-state index contributed by atoms with van der Waals surface area (Å²) in [6.45, 7) is 6.96. The average Bonchev–Trinajstić information content (AvgIpc) is 2.75. The first-order chi connectivity index (χ1) is 14.2. The molecule has 0 saturated carbocycles. The van der Waals surface area contributed by atoms with Gasteiger partial charge in [0.25, 0.3) is 0 Å². The molecule has 2 N–H and O–H groups in total. The van der Waals surface area contributed by atoms with Crippen molar-refractivity contribution in [2.24, 2.45) is 5.92 Å². The van der Waals surface area contributed by atoms with Crippen LogP contribution in [0.25, 0.3) is 0 Å². The Morgan fingerprint density at radius 1 is 1.03 bits per heavy atom. The minimum atomic E-state index is -0.705. The number of aliphatic hydroxyl groups is 1. The van der Waals surface area contributed by atoms with Crippen molar-refractivity contribution < 1.29 is 19.4 Å². The monoisotopic (exact) mass is 405 g/mol. The third-order valence-corrected chi connectivity index (χ3v) is 5.52. The maximum absolute atomic E-state index is 12.6. The molecule has 0 saturated heterocycles. The molecular formula is C24H39NO4. The van der Waals surface area contributed by atoms with Crippen LogP contribution in [0.15, 0.2) is 18.2 Å². The highest BCUT2D eigenvalue weighted by atomic mass is 16.6. The van der Waals surface area contributed by atoms with Crippen LogP contribution in [0, 0.1) is 5.92 Å². The van der Waals surface area contributed by atoms with Gasteiger partial charge in [-0.1, -0.05) is 52.0 Å². The van der Waals surface area contributed by atoms with E-state index >= 15 is 0 Å². The van der Waals surface area contributed by atoms with Crippen molar-refractivity contribution in [3.63, 3.8) is 0 Å². The normalized spacial score (nSPS) is 15.1.